The van der Waals surface area contributed by atoms with Gasteiger partial charge < -0.3 is 5.32 Å². The topological polar surface area (TPSA) is 12.0 Å². The molecule has 0 radical (unpaired) electrons. The summed E-state index contributed by atoms with van der Waals surface area (Å²) in [5.41, 5.74) is 4.25. The van der Waals surface area contributed by atoms with E-state index in [1.54, 1.807) is 16.3 Å². The summed E-state index contributed by atoms with van der Waals surface area (Å²) in [5, 5.41) is 5.47. The summed E-state index contributed by atoms with van der Waals surface area (Å²) in [7, 11) is -0.401. The van der Waals surface area contributed by atoms with Crippen LogP contribution >= 0.6 is 0 Å². The molecule has 0 bridgehead atoms. The normalized spacial score (nSPS) is 17.5. The number of nitrogens with one attached hydrogen (secondary N) is 1. The fourth-order valence-corrected chi connectivity index (χ4v) is 5.72. The Balaban J connectivity index is 2.27. The highest BCUT2D eigenvalue weighted by atomic mass is 28.2. The standard InChI is InChI=1S/C21H33NSi/c1-20(2,3)15-16-11-10-14-18(16)19(22-21(4,5)6)23-17-12-8-7-9-13-17/h7-13,19,22H,14-15,23H2,1-6H3. The van der Waals surface area contributed by atoms with Gasteiger partial charge in [0.25, 0.3) is 0 Å². The van der Waals surface area contributed by atoms with Crippen molar-refractivity contribution in [2.75, 3.05) is 0 Å². The van der Waals surface area contributed by atoms with E-state index in [1.807, 2.05) is 0 Å². The molecule has 1 unspecified atom stereocenters. The van der Waals surface area contributed by atoms with E-state index in [0.29, 0.717) is 11.1 Å². The fourth-order valence-electron chi connectivity index (χ4n) is 3.31. The second-order valence-electron chi connectivity index (χ2n) is 9.03. The van der Waals surface area contributed by atoms with E-state index >= 15 is 0 Å². The monoisotopic (exact) mass is 327 g/mol. The maximum absolute atomic E-state index is 3.93. The molecule has 1 aromatic rings. The van der Waals surface area contributed by atoms with Gasteiger partial charge in [0.15, 0.2) is 0 Å². The zero-order valence-electron chi connectivity index (χ0n) is 15.7. The first kappa shape index (κ1) is 18.2. The van der Waals surface area contributed by atoms with Crippen molar-refractivity contribution in [3.8, 4) is 0 Å². The molecule has 0 saturated carbocycles. The molecule has 126 valence electrons. The van der Waals surface area contributed by atoms with E-state index in [2.05, 4.69) is 89.3 Å². The highest BCUT2D eigenvalue weighted by molar-refractivity contribution is 6.56. The van der Waals surface area contributed by atoms with E-state index in [0.717, 1.165) is 6.42 Å². The molecular formula is C21H33NSi. The Kier molecular flexibility index (Phi) is 5.69. The van der Waals surface area contributed by atoms with Gasteiger partial charge in [-0.15, -0.1) is 0 Å². The smallest absolute Gasteiger partial charge is 0.0791 e. The summed E-state index contributed by atoms with van der Waals surface area (Å²) in [5.74, 6) is 0. The van der Waals surface area contributed by atoms with Crippen molar-refractivity contribution in [2.24, 2.45) is 5.41 Å². The van der Waals surface area contributed by atoms with Crippen LogP contribution in [-0.2, 0) is 0 Å². The maximum Gasteiger partial charge on any atom is 0.0791 e. The van der Waals surface area contributed by atoms with Crippen LogP contribution in [0.15, 0.2) is 53.6 Å². The maximum atomic E-state index is 3.93. The van der Waals surface area contributed by atoms with Gasteiger partial charge in [0.2, 0.25) is 0 Å². The molecule has 1 aromatic carbocycles. The minimum atomic E-state index is -0.401. The van der Waals surface area contributed by atoms with Crippen LogP contribution in [0.4, 0.5) is 0 Å². The Bertz CT molecular complexity index is 570. The van der Waals surface area contributed by atoms with Crippen LogP contribution in [0.3, 0.4) is 0 Å². The number of hydrogen-bond donors (Lipinski definition) is 1. The largest absolute Gasteiger partial charge is 0.308 e. The predicted octanol–water partition coefficient (Wildman–Crippen LogP) is 3.89. The minimum absolute atomic E-state index is 0.148. The Morgan fingerprint density at radius 2 is 1.70 bits per heavy atom. The van der Waals surface area contributed by atoms with Crippen molar-refractivity contribution in [1.29, 1.82) is 0 Å². The van der Waals surface area contributed by atoms with Crippen molar-refractivity contribution in [1.82, 2.24) is 5.32 Å². The van der Waals surface area contributed by atoms with Gasteiger partial charge in [-0.05, 0) is 50.2 Å². The van der Waals surface area contributed by atoms with Crippen molar-refractivity contribution >= 4 is 14.7 Å². The van der Waals surface area contributed by atoms with Gasteiger partial charge in [-0.3, -0.25) is 0 Å². The van der Waals surface area contributed by atoms with Crippen LogP contribution in [0.2, 0.25) is 0 Å². The molecule has 1 N–H and O–H groups in total. The Hall–Kier alpha value is -1.12. The Labute approximate surface area is 145 Å². The van der Waals surface area contributed by atoms with E-state index in [-0.39, 0.29) is 5.54 Å². The Morgan fingerprint density at radius 3 is 2.26 bits per heavy atom. The number of hydrogen-bond acceptors (Lipinski definition) is 1. The van der Waals surface area contributed by atoms with Crippen LogP contribution in [0, 0.1) is 5.41 Å². The third-order valence-corrected chi connectivity index (χ3v) is 6.15. The summed E-state index contributed by atoms with van der Waals surface area (Å²) in [6.07, 6.45) is 7.02. The van der Waals surface area contributed by atoms with Crippen LogP contribution in [-0.4, -0.2) is 20.7 Å². The summed E-state index contributed by atoms with van der Waals surface area (Å²) >= 11 is 0. The molecule has 0 aromatic heterocycles. The second-order valence-corrected chi connectivity index (χ2v) is 11.1. The first-order chi connectivity index (χ1) is 10.6. The highest BCUT2D eigenvalue weighted by Gasteiger charge is 2.26. The number of benzene rings is 1. The highest BCUT2D eigenvalue weighted by Crippen LogP contribution is 2.32. The summed E-state index contributed by atoms with van der Waals surface area (Å²) in [4.78, 5) is 0. The number of allylic oxidation sites excluding steroid dienone is 3. The lowest BCUT2D eigenvalue weighted by molar-refractivity contribution is 0.405. The van der Waals surface area contributed by atoms with Crippen molar-refractivity contribution < 1.29 is 0 Å². The zero-order valence-corrected chi connectivity index (χ0v) is 17.2. The quantitative estimate of drug-likeness (QED) is 0.809. The first-order valence-corrected chi connectivity index (χ1v) is 10.4. The van der Waals surface area contributed by atoms with Crippen molar-refractivity contribution in [2.45, 2.75) is 65.6 Å². The molecule has 0 spiro atoms. The van der Waals surface area contributed by atoms with Crippen LogP contribution in [0.1, 0.15) is 54.4 Å². The van der Waals surface area contributed by atoms with Gasteiger partial charge in [-0.1, -0.05) is 68.4 Å². The SMILES string of the molecule is CC(C)(C)CC1=C(C(NC(C)(C)C)[SiH2]c2ccccc2)CC=C1. The van der Waals surface area contributed by atoms with Gasteiger partial charge >= 0.3 is 0 Å². The third kappa shape index (κ3) is 6.12. The van der Waals surface area contributed by atoms with Gasteiger partial charge in [0.1, 0.15) is 0 Å². The van der Waals surface area contributed by atoms with Gasteiger partial charge in [0.05, 0.1) is 9.52 Å². The lowest BCUT2D eigenvalue weighted by Crippen LogP contribution is -2.50. The molecule has 1 atom stereocenters. The van der Waals surface area contributed by atoms with E-state index in [9.17, 15) is 0 Å². The molecule has 2 heteroatoms. The molecule has 0 saturated heterocycles. The molecule has 0 fully saturated rings. The lowest BCUT2D eigenvalue weighted by atomic mass is 9.87. The Morgan fingerprint density at radius 1 is 1.04 bits per heavy atom. The van der Waals surface area contributed by atoms with Crippen LogP contribution in [0.25, 0.3) is 0 Å². The fraction of sp³-hybridized carbons (Fsp3) is 0.524. The molecule has 1 aliphatic carbocycles. The van der Waals surface area contributed by atoms with Gasteiger partial charge in [-0.2, -0.15) is 0 Å². The van der Waals surface area contributed by atoms with Crippen LogP contribution in [0.5, 0.6) is 0 Å². The summed E-state index contributed by atoms with van der Waals surface area (Å²) in [6.45, 7) is 13.9. The molecule has 2 rings (SSSR count). The third-order valence-electron chi connectivity index (χ3n) is 4.10. The van der Waals surface area contributed by atoms with Gasteiger partial charge in [0, 0.05) is 11.2 Å². The van der Waals surface area contributed by atoms with E-state index in [1.165, 1.54) is 6.42 Å². The zero-order chi connectivity index (χ0) is 17.1. The molecule has 0 aliphatic heterocycles. The minimum Gasteiger partial charge on any atom is -0.308 e. The second kappa shape index (κ2) is 7.19. The molecule has 0 amide bonds. The van der Waals surface area contributed by atoms with Crippen molar-refractivity contribution in [3.05, 3.63) is 53.6 Å². The molecule has 1 nitrogen and oxygen atoms in total. The number of rotatable bonds is 5. The molecule has 23 heavy (non-hydrogen) atoms. The average molecular weight is 328 g/mol. The summed E-state index contributed by atoms with van der Waals surface area (Å²) in [6, 6.07) is 11.1. The van der Waals surface area contributed by atoms with E-state index in [4.69, 9.17) is 0 Å². The van der Waals surface area contributed by atoms with Gasteiger partial charge in [-0.25, -0.2) is 0 Å². The van der Waals surface area contributed by atoms with Crippen molar-refractivity contribution in [3.63, 3.8) is 0 Å². The van der Waals surface area contributed by atoms with E-state index < -0.39 is 9.52 Å². The predicted molar refractivity (Wildman–Crippen MR) is 106 cm³/mol. The van der Waals surface area contributed by atoms with Crippen LogP contribution < -0.4 is 10.5 Å². The summed E-state index contributed by atoms with van der Waals surface area (Å²) < 4.78 is 0. The average Bonchev–Trinajstić information content (AvgIpc) is 2.83. The lowest BCUT2D eigenvalue weighted by Gasteiger charge is -2.31. The molecule has 0 heterocycles. The first-order valence-electron chi connectivity index (χ1n) is 8.84. The molecule has 1 aliphatic rings. The molecular weight excluding hydrogens is 294 g/mol.